The molecule has 1 amide bonds. The van der Waals surface area contributed by atoms with Crippen LogP contribution in [0.4, 0.5) is 0 Å². The summed E-state index contributed by atoms with van der Waals surface area (Å²) in [6.45, 7) is 7.97. The van der Waals surface area contributed by atoms with Crippen LogP contribution in [0, 0.1) is 0 Å². The Hall–Kier alpha value is -1.35. The van der Waals surface area contributed by atoms with Crippen LogP contribution in [0.15, 0.2) is 35.5 Å². The molecule has 1 aliphatic rings. The fraction of sp³-hybridized carbons (Fsp3) is 0.500. The monoisotopic (exact) mass is 234 g/mol. The van der Waals surface area contributed by atoms with Crippen molar-refractivity contribution < 1.29 is 4.79 Å². The van der Waals surface area contributed by atoms with E-state index in [1.165, 1.54) is 5.57 Å². The highest BCUT2D eigenvalue weighted by Crippen LogP contribution is 2.25. The molecule has 0 atom stereocenters. The van der Waals surface area contributed by atoms with Gasteiger partial charge in [-0.25, -0.2) is 0 Å². The Kier molecular flexibility index (Phi) is 3.94. The maximum Gasteiger partial charge on any atom is 0.207 e. The first-order chi connectivity index (χ1) is 7.77. The van der Waals surface area contributed by atoms with Gasteiger partial charge in [0, 0.05) is 5.54 Å². The van der Waals surface area contributed by atoms with Crippen LogP contribution in [0.25, 0.3) is 0 Å². The standard InChI is InChI=1S/C14H22N2O/c1-13(2,15)11-6-5-7-12(9-8-11)14(3,4)16-10-17/h5-7,9-10H,8,15H2,1-4H3,(H,16,17). The smallest absolute Gasteiger partial charge is 0.207 e. The van der Waals surface area contributed by atoms with Crippen LogP contribution < -0.4 is 11.1 Å². The number of allylic oxidation sites excluding steroid dienone is 3. The number of carbonyl (C=O) groups excluding carboxylic acids is 1. The molecular weight excluding hydrogens is 212 g/mol. The van der Waals surface area contributed by atoms with Gasteiger partial charge in [0.15, 0.2) is 0 Å². The summed E-state index contributed by atoms with van der Waals surface area (Å²) in [5.74, 6) is 0. The minimum Gasteiger partial charge on any atom is -0.350 e. The molecule has 0 saturated heterocycles. The first-order valence-corrected chi connectivity index (χ1v) is 5.86. The maximum atomic E-state index is 10.6. The molecule has 1 aliphatic carbocycles. The van der Waals surface area contributed by atoms with Gasteiger partial charge in [-0.3, -0.25) is 4.79 Å². The summed E-state index contributed by atoms with van der Waals surface area (Å²) < 4.78 is 0. The van der Waals surface area contributed by atoms with Crippen molar-refractivity contribution >= 4 is 6.41 Å². The largest absolute Gasteiger partial charge is 0.350 e. The number of rotatable bonds is 4. The molecule has 17 heavy (non-hydrogen) atoms. The summed E-state index contributed by atoms with van der Waals surface area (Å²) in [4.78, 5) is 10.6. The van der Waals surface area contributed by atoms with Gasteiger partial charge in [-0.15, -0.1) is 0 Å². The van der Waals surface area contributed by atoms with E-state index in [0.29, 0.717) is 0 Å². The van der Waals surface area contributed by atoms with Gasteiger partial charge in [0.2, 0.25) is 6.41 Å². The second kappa shape index (κ2) is 4.88. The van der Waals surface area contributed by atoms with Crippen molar-refractivity contribution in [2.75, 3.05) is 0 Å². The third-order valence-electron chi connectivity index (χ3n) is 3.08. The molecule has 3 heteroatoms. The van der Waals surface area contributed by atoms with Crippen molar-refractivity contribution in [1.29, 1.82) is 0 Å². The van der Waals surface area contributed by atoms with Gasteiger partial charge < -0.3 is 11.1 Å². The Bertz CT molecular complexity index is 382. The number of nitrogens with one attached hydrogen (secondary N) is 1. The van der Waals surface area contributed by atoms with E-state index in [2.05, 4.69) is 17.5 Å². The Labute approximate surface area is 103 Å². The van der Waals surface area contributed by atoms with Gasteiger partial charge in [-0.1, -0.05) is 24.3 Å². The molecule has 3 nitrogen and oxygen atoms in total. The van der Waals surface area contributed by atoms with E-state index in [9.17, 15) is 4.79 Å². The fourth-order valence-corrected chi connectivity index (χ4v) is 1.80. The van der Waals surface area contributed by atoms with E-state index in [1.807, 2.05) is 39.8 Å². The second-order valence-corrected chi connectivity index (χ2v) is 5.52. The second-order valence-electron chi connectivity index (χ2n) is 5.52. The van der Waals surface area contributed by atoms with Crippen molar-refractivity contribution in [3.63, 3.8) is 0 Å². The fourth-order valence-electron chi connectivity index (χ4n) is 1.80. The summed E-state index contributed by atoms with van der Waals surface area (Å²) in [5, 5.41) is 2.82. The lowest BCUT2D eigenvalue weighted by atomic mass is 9.90. The van der Waals surface area contributed by atoms with Gasteiger partial charge in [-0.05, 0) is 45.3 Å². The van der Waals surface area contributed by atoms with Crippen molar-refractivity contribution in [2.24, 2.45) is 5.73 Å². The van der Waals surface area contributed by atoms with E-state index < -0.39 is 0 Å². The van der Waals surface area contributed by atoms with E-state index in [1.54, 1.807) is 0 Å². The Morgan fingerprint density at radius 1 is 1.35 bits per heavy atom. The van der Waals surface area contributed by atoms with Crippen molar-refractivity contribution in [3.8, 4) is 0 Å². The number of hydrogen-bond donors (Lipinski definition) is 2. The summed E-state index contributed by atoms with van der Waals surface area (Å²) in [6, 6.07) is 0. The molecule has 1 rings (SSSR count). The van der Waals surface area contributed by atoms with Crippen molar-refractivity contribution in [1.82, 2.24) is 5.32 Å². The molecule has 0 aromatic carbocycles. The first-order valence-electron chi connectivity index (χ1n) is 5.86. The number of carbonyl (C=O) groups is 1. The predicted molar refractivity (Wildman–Crippen MR) is 71.5 cm³/mol. The molecule has 0 heterocycles. The third-order valence-corrected chi connectivity index (χ3v) is 3.08. The molecule has 0 radical (unpaired) electrons. The zero-order chi connectivity index (χ0) is 13.1. The minimum absolute atomic E-state index is 0.307. The van der Waals surface area contributed by atoms with Crippen molar-refractivity contribution in [2.45, 2.75) is 45.2 Å². The third kappa shape index (κ3) is 3.56. The van der Waals surface area contributed by atoms with Gasteiger partial charge in [0.1, 0.15) is 0 Å². The molecule has 94 valence electrons. The van der Waals surface area contributed by atoms with Crippen LogP contribution in [0.2, 0.25) is 0 Å². The van der Waals surface area contributed by atoms with E-state index in [4.69, 9.17) is 5.73 Å². The van der Waals surface area contributed by atoms with Gasteiger partial charge in [0.05, 0.1) is 5.54 Å². The van der Waals surface area contributed by atoms with E-state index in [-0.39, 0.29) is 11.1 Å². The highest BCUT2D eigenvalue weighted by atomic mass is 16.1. The molecule has 3 N–H and O–H groups in total. The molecule has 0 bridgehead atoms. The van der Waals surface area contributed by atoms with Gasteiger partial charge in [-0.2, -0.15) is 0 Å². The predicted octanol–water partition coefficient (Wildman–Crippen LogP) is 2.06. The van der Waals surface area contributed by atoms with Gasteiger partial charge >= 0.3 is 0 Å². The molecule has 0 spiro atoms. The van der Waals surface area contributed by atoms with Crippen molar-refractivity contribution in [3.05, 3.63) is 35.5 Å². The normalized spacial score (nSPS) is 17.0. The van der Waals surface area contributed by atoms with Crippen LogP contribution in [-0.2, 0) is 4.79 Å². The van der Waals surface area contributed by atoms with E-state index >= 15 is 0 Å². The topological polar surface area (TPSA) is 55.1 Å². The molecular formula is C14H22N2O. The van der Waals surface area contributed by atoms with Crippen LogP contribution in [-0.4, -0.2) is 17.5 Å². The molecule has 0 saturated carbocycles. The number of amides is 1. The molecule has 0 fully saturated rings. The molecule has 0 aromatic heterocycles. The summed E-state index contributed by atoms with van der Waals surface area (Å²) >= 11 is 0. The van der Waals surface area contributed by atoms with Crippen LogP contribution in [0.1, 0.15) is 34.1 Å². The number of hydrogen-bond acceptors (Lipinski definition) is 2. The first kappa shape index (κ1) is 13.7. The highest BCUT2D eigenvalue weighted by Gasteiger charge is 2.22. The lowest BCUT2D eigenvalue weighted by Crippen LogP contribution is -2.39. The summed E-state index contributed by atoms with van der Waals surface area (Å²) in [7, 11) is 0. The maximum absolute atomic E-state index is 10.6. The van der Waals surface area contributed by atoms with Crippen LogP contribution in [0.3, 0.4) is 0 Å². The SMILES string of the molecule is CC(C)(N)C1=CC=CC(C(C)(C)NC=O)=CC1. The lowest BCUT2D eigenvalue weighted by molar-refractivity contribution is -0.110. The van der Waals surface area contributed by atoms with Crippen LogP contribution in [0.5, 0.6) is 0 Å². The Balaban J connectivity index is 2.91. The number of nitrogens with two attached hydrogens (primary N) is 1. The lowest BCUT2D eigenvalue weighted by Gasteiger charge is -2.26. The zero-order valence-electron chi connectivity index (χ0n) is 11.1. The highest BCUT2D eigenvalue weighted by molar-refractivity contribution is 5.51. The average molecular weight is 234 g/mol. The summed E-state index contributed by atoms with van der Waals surface area (Å²) in [6.07, 6.45) is 9.75. The van der Waals surface area contributed by atoms with Crippen LogP contribution >= 0.6 is 0 Å². The molecule has 0 unspecified atom stereocenters. The van der Waals surface area contributed by atoms with Gasteiger partial charge in [0.25, 0.3) is 0 Å². The summed E-state index contributed by atoms with van der Waals surface area (Å²) in [5.41, 5.74) is 7.72. The minimum atomic E-state index is -0.347. The quantitative estimate of drug-likeness (QED) is 0.732. The molecule has 0 aromatic rings. The molecule has 0 aliphatic heterocycles. The Morgan fingerprint density at radius 2 is 2.00 bits per heavy atom. The average Bonchev–Trinajstić information content (AvgIpc) is 2.41. The van der Waals surface area contributed by atoms with E-state index in [0.717, 1.165) is 18.4 Å². The zero-order valence-corrected chi connectivity index (χ0v) is 11.1. The Morgan fingerprint density at radius 3 is 2.53 bits per heavy atom.